The summed E-state index contributed by atoms with van der Waals surface area (Å²) in [6.07, 6.45) is 6.49. The second kappa shape index (κ2) is 6.79. The lowest BCUT2D eigenvalue weighted by Crippen LogP contribution is -2.24. The van der Waals surface area contributed by atoms with Gasteiger partial charge in [-0.25, -0.2) is 0 Å². The Labute approximate surface area is 111 Å². The number of benzene rings is 1. The Hall–Kier alpha value is -1.02. The molecule has 18 heavy (non-hydrogen) atoms. The van der Waals surface area contributed by atoms with Crippen LogP contribution in [-0.2, 0) is 0 Å². The van der Waals surface area contributed by atoms with E-state index in [4.69, 9.17) is 4.74 Å². The molecule has 2 heteroatoms. The molecule has 2 rings (SSSR count). The smallest absolute Gasteiger partial charge is 0.124 e. The van der Waals surface area contributed by atoms with Crippen LogP contribution < -0.4 is 10.1 Å². The van der Waals surface area contributed by atoms with E-state index in [9.17, 15) is 0 Å². The van der Waals surface area contributed by atoms with Gasteiger partial charge in [-0.05, 0) is 38.3 Å². The molecule has 0 aromatic heterocycles. The molecule has 0 radical (unpaired) electrons. The highest BCUT2D eigenvalue weighted by Gasteiger charge is 2.26. The Morgan fingerprint density at radius 1 is 1.28 bits per heavy atom. The zero-order valence-electron chi connectivity index (χ0n) is 11.6. The van der Waals surface area contributed by atoms with Crippen LogP contribution in [0.25, 0.3) is 0 Å². The summed E-state index contributed by atoms with van der Waals surface area (Å²) in [6, 6.07) is 8.94. The molecule has 0 aliphatic heterocycles. The summed E-state index contributed by atoms with van der Waals surface area (Å²) in [5.74, 6) is 1.83. The second-order valence-electron chi connectivity index (χ2n) is 5.20. The molecule has 1 saturated carbocycles. The Balaban J connectivity index is 2.17. The number of rotatable bonds is 6. The fourth-order valence-corrected chi connectivity index (χ4v) is 3.02. The summed E-state index contributed by atoms with van der Waals surface area (Å²) >= 11 is 0. The van der Waals surface area contributed by atoms with Gasteiger partial charge >= 0.3 is 0 Å². The lowest BCUT2D eigenvalue weighted by molar-refractivity contribution is 0.301. The molecule has 100 valence electrons. The largest absolute Gasteiger partial charge is 0.493 e. The van der Waals surface area contributed by atoms with Crippen LogP contribution in [0.2, 0.25) is 0 Å². The van der Waals surface area contributed by atoms with E-state index in [1.807, 2.05) is 0 Å². The van der Waals surface area contributed by atoms with Gasteiger partial charge in [-0.2, -0.15) is 0 Å². The van der Waals surface area contributed by atoms with Crippen LogP contribution >= 0.6 is 0 Å². The third-order valence-corrected chi connectivity index (χ3v) is 3.90. The highest BCUT2D eigenvalue weighted by Crippen LogP contribution is 2.38. The van der Waals surface area contributed by atoms with Gasteiger partial charge in [0.25, 0.3) is 0 Å². The summed E-state index contributed by atoms with van der Waals surface area (Å²) in [4.78, 5) is 0. The second-order valence-corrected chi connectivity index (χ2v) is 5.20. The average Bonchev–Trinajstić information content (AvgIpc) is 2.92. The molecule has 1 fully saturated rings. The molecule has 0 saturated heterocycles. The van der Waals surface area contributed by atoms with Gasteiger partial charge in [0.1, 0.15) is 5.75 Å². The average molecular weight is 247 g/mol. The first-order valence-corrected chi connectivity index (χ1v) is 7.25. The van der Waals surface area contributed by atoms with Gasteiger partial charge in [-0.3, -0.25) is 0 Å². The van der Waals surface area contributed by atoms with Gasteiger partial charge < -0.3 is 10.1 Å². The Morgan fingerprint density at radius 2 is 2.00 bits per heavy atom. The molecular formula is C16H25NO. The first-order chi connectivity index (χ1) is 8.86. The normalized spacial score (nSPS) is 17.9. The number of hydrogen-bond donors (Lipinski definition) is 1. The number of para-hydroxylation sites is 1. The summed E-state index contributed by atoms with van der Waals surface area (Å²) in [7, 11) is 2.07. The quantitative estimate of drug-likeness (QED) is 0.822. The Morgan fingerprint density at radius 3 is 2.67 bits per heavy atom. The van der Waals surface area contributed by atoms with E-state index < -0.39 is 0 Å². The van der Waals surface area contributed by atoms with Crippen LogP contribution in [0.4, 0.5) is 0 Å². The van der Waals surface area contributed by atoms with Crippen molar-refractivity contribution in [2.75, 3.05) is 13.7 Å². The minimum absolute atomic E-state index is 0.445. The van der Waals surface area contributed by atoms with Crippen molar-refractivity contribution in [1.29, 1.82) is 0 Å². The lowest BCUT2D eigenvalue weighted by Gasteiger charge is -2.25. The fraction of sp³-hybridized carbons (Fsp3) is 0.625. The van der Waals surface area contributed by atoms with E-state index in [2.05, 4.69) is 43.6 Å². The maximum absolute atomic E-state index is 5.89. The zero-order valence-corrected chi connectivity index (χ0v) is 11.6. The molecule has 0 spiro atoms. The predicted molar refractivity (Wildman–Crippen MR) is 76.0 cm³/mol. The van der Waals surface area contributed by atoms with Gasteiger partial charge in [0.2, 0.25) is 0 Å². The molecule has 0 heterocycles. The van der Waals surface area contributed by atoms with Crippen molar-refractivity contribution in [2.45, 2.75) is 45.1 Å². The number of nitrogens with one attached hydrogen (secondary N) is 1. The van der Waals surface area contributed by atoms with Crippen LogP contribution in [0, 0.1) is 5.92 Å². The lowest BCUT2D eigenvalue weighted by atomic mass is 9.91. The van der Waals surface area contributed by atoms with E-state index in [0.717, 1.165) is 24.7 Å². The Kier molecular flexibility index (Phi) is 5.06. The molecule has 0 amide bonds. The van der Waals surface area contributed by atoms with Gasteiger partial charge in [0.15, 0.2) is 0 Å². The molecule has 1 N–H and O–H groups in total. The maximum atomic E-state index is 5.89. The molecule has 1 atom stereocenters. The molecule has 1 aliphatic rings. The van der Waals surface area contributed by atoms with E-state index in [0.29, 0.717) is 6.04 Å². The van der Waals surface area contributed by atoms with Gasteiger partial charge in [-0.1, -0.05) is 38.0 Å². The summed E-state index contributed by atoms with van der Waals surface area (Å²) < 4.78 is 5.89. The predicted octanol–water partition coefficient (Wildman–Crippen LogP) is 3.93. The van der Waals surface area contributed by atoms with Crippen LogP contribution in [0.15, 0.2) is 24.3 Å². The first kappa shape index (κ1) is 13.4. The van der Waals surface area contributed by atoms with E-state index in [1.165, 1.54) is 31.2 Å². The van der Waals surface area contributed by atoms with Crippen molar-refractivity contribution in [1.82, 2.24) is 5.32 Å². The maximum Gasteiger partial charge on any atom is 0.124 e. The minimum Gasteiger partial charge on any atom is -0.493 e. The van der Waals surface area contributed by atoms with E-state index in [-0.39, 0.29) is 0 Å². The van der Waals surface area contributed by atoms with Crippen molar-refractivity contribution >= 4 is 0 Å². The summed E-state index contributed by atoms with van der Waals surface area (Å²) in [5.41, 5.74) is 1.33. The van der Waals surface area contributed by atoms with Gasteiger partial charge in [-0.15, -0.1) is 0 Å². The molecule has 0 bridgehead atoms. The highest BCUT2D eigenvalue weighted by atomic mass is 16.5. The molecule has 1 unspecified atom stereocenters. The SMILES string of the molecule is CCCOc1ccccc1C(NC)C1CCCC1. The fourth-order valence-electron chi connectivity index (χ4n) is 3.02. The van der Waals surface area contributed by atoms with Crippen LogP contribution in [-0.4, -0.2) is 13.7 Å². The standard InChI is InChI=1S/C16H25NO/c1-3-12-18-15-11-7-6-10-14(15)16(17-2)13-8-4-5-9-13/h6-7,10-11,13,16-17H,3-5,8-9,12H2,1-2H3. The molecule has 1 aromatic rings. The molecule has 1 aliphatic carbocycles. The molecule has 1 aromatic carbocycles. The Bertz CT molecular complexity index is 358. The van der Waals surface area contributed by atoms with Gasteiger partial charge in [0.05, 0.1) is 6.61 Å². The monoisotopic (exact) mass is 247 g/mol. The third-order valence-electron chi connectivity index (χ3n) is 3.90. The zero-order chi connectivity index (χ0) is 12.8. The van der Waals surface area contributed by atoms with Crippen LogP contribution in [0.3, 0.4) is 0 Å². The first-order valence-electron chi connectivity index (χ1n) is 7.25. The third kappa shape index (κ3) is 3.05. The van der Waals surface area contributed by atoms with Crippen molar-refractivity contribution in [3.8, 4) is 5.75 Å². The summed E-state index contributed by atoms with van der Waals surface area (Å²) in [6.45, 7) is 2.95. The number of hydrogen-bond acceptors (Lipinski definition) is 2. The van der Waals surface area contributed by atoms with Crippen LogP contribution in [0.1, 0.15) is 50.6 Å². The van der Waals surface area contributed by atoms with Crippen LogP contribution in [0.5, 0.6) is 5.75 Å². The van der Waals surface area contributed by atoms with Gasteiger partial charge in [0, 0.05) is 11.6 Å². The number of ether oxygens (including phenoxy) is 1. The van der Waals surface area contributed by atoms with Crippen molar-refractivity contribution in [3.05, 3.63) is 29.8 Å². The van der Waals surface area contributed by atoms with E-state index >= 15 is 0 Å². The van der Waals surface area contributed by atoms with Crippen molar-refractivity contribution < 1.29 is 4.74 Å². The minimum atomic E-state index is 0.445. The summed E-state index contributed by atoms with van der Waals surface area (Å²) in [5, 5.41) is 3.50. The molecule has 2 nitrogen and oxygen atoms in total. The molecular weight excluding hydrogens is 222 g/mol. The van der Waals surface area contributed by atoms with Crippen molar-refractivity contribution in [3.63, 3.8) is 0 Å². The van der Waals surface area contributed by atoms with E-state index in [1.54, 1.807) is 0 Å². The topological polar surface area (TPSA) is 21.3 Å². The highest BCUT2D eigenvalue weighted by molar-refractivity contribution is 5.36. The van der Waals surface area contributed by atoms with Crippen molar-refractivity contribution in [2.24, 2.45) is 5.92 Å².